The van der Waals surface area contributed by atoms with Crippen molar-refractivity contribution >= 4 is 5.95 Å². The van der Waals surface area contributed by atoms with Crippen molar-refractivity contribution in [2.75, 3.05) is 11.9 Å². The molecular weight excluding hydrogens is 477 g/mol. The molecular formula is C31H36FN5O. The van der Waals surface area contributed by atoms with E-state index in [4.69, 9.17) is 10.7 Å². The van der Waals surface area contributed by atoms with Crippen LogP contribution in [0.1, 0.15) is 50.5 Å². The molecule has 1 aliphatic carbocycles. The highest BCUT2D eigenvalue weighted by molar-refractivity contribution is 5.80. The van der Waals surface area contributed by atoms with Crippen molar-refractivity contribution in [2.45, 2.75) is 51.0 Å². The Hall–Kier alpha value is -3.84. The number of aromatic nitrogens is 3. The molecule has 4 aromatic rings. The van der Waals surface area contributed by atoms with Crippen molar-refractivity contribution in [3.63, 3.8) is 0 Å². The summed E-state index contributed by atoms with van der Waals surface area (Å²) < 4.78 is 15.0. The van der Waals surface area contributed by atoms with Crippen LogP contribution < -0.4 is 16.6 Å². The molecule has 0 amide bonds. The first-order valence-electron chi connectivity index (χ1n) is 13.3. The molecule has 1 saturated carbocycles. The summed E-state index contributed by atoms with van der Waals surface area (Å²) in [6, 6.07) is 20.2. The molecule has 5 rings (SSSR count). The summed E-state index contributed by atoms with van der Waals surface area (Å²) in [7, 11) is 1.69. The molecule has 38 heavy (non-hydrogen) atoms. The van der Waals surface area contributed by atoms with E-state index >= 15 is 0 Å². The Morgan fingerprint density at radius 1 is 0.974 bits per heavy atom. The van der Waals surface area contributed by atoms with Crippen molar-refractivity contribution in [3.8, 4) is 22.4 Å². The Morgan fingerprint density at radius 2 is 1.63 bits per heavy atom. The zero-order valence-corrected chi connectivity index (χ0v) is 22.1. The van der Waals surface area contributed by atoms with Crippen LogP contribution in [0.4, 0.5) is 10.3 Å². The van der Waals surface area contributed by atoms with Crippen LogP contribution in [0.2, 0.25) is 0 Å². The number of rotatable bonds is 6. The van der Waals surface area contributed by atoms with Crippen LogP contribution in [-0.4, -0.2) is 27.1 Å². The third-order valence-electron chi connectivity index (χ3n) is 6.96. The van der Waals surface area contributed by atoms with Gasteiger partial charge in [-0.15, -0.1) is 0 Å². The Morgan fingerprint density at radius 3 is 2.24 bits per heavy atom. The lowest BCUT2D eigenvalue weighted by Crippen LogP contribution is -2.26. The molecule has 1 aliphatic rings. The molecule has 1 unspecified atom stereocenters. The second-order valence-electron chi connectivity index (χ2n) is 9.86. The van der Waals surface area contributed by atoms with Crippen molar-refractivity contribution in [1.29, 1.82) is 0 Å². The summed E-state index contributed by atoms with van der Waals surface area (Å²) in [6.07, 6.45) is 9.98. The summed E-state index contributed by atoms with van der Waals surface area (Å²) in [5, 5.41) is 3.33. The number of hydrogen-bond donors (Lipinski definition) is 2. The highest BCUT2D eigenvalue weighted by Crippen LogP contribution is 2.29. The van der Waals surface area contributed by atoms with Gasteiger partial charge in [0.05, 0.1) is 11.3 Å². The lowest BCUT2D eigenvalue weighted by molar-refractivity contribution is 0.441. The van der Waals surface area contributed by atoms with Crippen LogP contribution in [0.3, 0.4) is 0 Å². The van der Waals surface area contributed by atoms with Crippen molar-refractivity contribution < 1.29 is 4.39 Å². The maximum absolute atomic E-state index is 13.5. The van der Waals surface area contributed by atoms with E-state index in [1.54, 1.807) is 31.6 Å². The lowest BCUT2D eigenvalue weighted by atomic mass is 9.97. The Kier molecular flexibility index (Phi) is 9.38. The fraction of sp³-hybridized carbons (Fsp3) is 0.323. The van der Waals surface area contributed by atoms with E-state index in [-0.39, 0.29) is 17.3 Å². The number of nitrogens with one attached hydrogen (secondary N) is 1. The van der Waals surface area contributed by atoms with Gasteiger partial charge < -0.3 is 11.1 Å². The van der Waals surface area contributed by atoms with Gasteiger partial charge in [0.2, 0.25) is 5.95 Å². The summed E-state index contributed by atoms with van der Waals surface area (Å²) in [6.45, 7) is 2.74. The van der Waals surface area contributed by atoms with Gasteiger partial charge in [0.15, 0.2) is 0 Å². The van der Waals surface area contributed by atoms with Gasteiger partial charge in [0.1, 0.15) is 5.82 Å². The molecule has 2 heterocycles. The van der Waals surface area contributed by atoms with Gasteiger partial charge >= 0.3 is 0 Å². The van der Waals surface area contributed by atoms with Crippen LogP contribution in [0.5, 0.6) is 0 Å². The molecule has 6 nitrogen and oxygen atoms in total. The Bertz CT molecular complexity index is 1350. The Labute approximate surface area is 223 Å². The molecule has 1 fully saturated rings. The molecule has 1 atom stereocenters. The monoisotopic (exact) mass is 513 g/mol. The number of nitrogens with two attached hydrogens (primary N) is 1. The molecule has 2 aromatic carbocycles. The molecule has 0 saturated heterocycles. The molecule has 0 radical (unpaired) electrons. The highest BCUT2D eigenvalue weighted by Gasteiger charge is 2.18. The molecule has 0 spiro atoms. The normalized spacial score (nSPS) is 14.3. The number of anilines is 1. The van der Waals surface area contributed by atoms with E-state index in [0.717, 1.165) is 5.56 Å². The second kappa shape index (κ2) is 13.1. The molecule has 0 aliphatic heterocycles. The molecule has 198 valence electrons. The quantitative estimate of drug-likeness (QED) is 0.323. The number of benzene rings is 2. The highest BCUT2D eigenvalue weighted by atomic mass is 19.1. The summed E-state index contributed by atoms with van der Waals surface area (Å²) in [5.41, 5.74) is 8.98. The first kappa shape index (κ1) is 27.2. The van der Waals surface area contributed by atoms with Crippen LogP contribution >= 0.6 is 0 Å². The molecule has 0 bridgehead atoms. The summed E-state index contributed by atoms with van der Waals surface area (Å²) in [4.78, 5) is 22.2. The van der Waals surface area contributed by atoms with Gasteiger partial charge in [-0.3, -0.25) is 14.3 Å². The zero-order chi connectivity index (χ0) is 26.9. The fourth-order valence-electron chi connectivity index (χ4n) is 4.63. The van der Waals surface area contributed by atoms with Crippen molar-refractivity contribution in [3.05, 3.63) is 101 Å². The van der Waals surface area contributed by atoms with Crippen LogP contribution in [0.15, 0.2) is 83.9 Å². The maximum Gasteiger partial charge on any atom is 0.263 e. The average molecular weight is 514 g/mol. The predicted molar refractivity (Wildman–Crippen MR) is 153 cm³/mol. The van der Waals surface area contributed by atoms with Crippen LogP contribution in [-0.2, 0) is 7.05 Å². The van der Waals surface area contributed by atoms with Crippen molar-refractivity contribution in [2.24, 2.45) is 12.8 Å². The SMILES string of the molecule is CC(CNc1nc(-c2ccncc2)c(-c2ccc(F)cc2)c(=O)n1C)c1ccccc1.NC1CCCCC1. The van der Waals surface area contributed by atoms with Crippen molar-refractivity contribution in [1.82, 2.24) is 14.5 Å². The maximum atomic E-state index is 13.5. The molecule has 3 N–H and O–H groups in total. The van der Waals surface area contributed by atoms with Gasteiger partial charge in [0.25, 0.3) is 5.56 Å². The summed E-state index contributed by atoms with van der Waals surface area (Å²) in [5.74, 6) is 0.358. The first-order chi connectivity index (χ1) is 18.4. The van der Waals surface area contributed by atoms with E-state index in [1.165, 1.54) is 54.4 Å². The van der Waals surface area contributed by atoms with E-state index in [0.29, 0.717) is 35.4 Å². The minimum Gasteiger partial charge on any atom is -0.355 e. The summed E-state index contributed by atoms with van der Waals surface area (Å²) >= 11 is 0. The predicted octanol–water partition coefficient (Wildman–Crippen LogP) is 6.14. The second-order valence-corrected chi connectivity index (χ2v) is 9.86. The number of hydrogen-bond acceptors (Lipinski definition) is 5. The largest absolute Gasteiger partial charge is 0.355 e. The average Bonchev–Trinajstić information content (AvgIpc) is 2.96. The fourth-order valence-corrected chi connectivity index (χ4v) is 4.63. The lowest BCUT2D eigenvalue weighted by Gasteiger charge is -2.18. The molecule has 2 aromatic heterocycles. The van der Waals surface area contributed by atoms with Gasteiger partial charge in [-0.05, 0) is 54.2 Å². The number of pyridine rings is 1. The van der Waals surface area contributed by atoms with Crippen LogP contribution in [0.25, 0.3) is 22.4 Å². The molecule has 7 heteroatoms. The smallest absolute Gasteiger partial charge is 0.263 e. The standard InChI is InChI=1S/C25H23FN4O.C6H13N/c1-17(18-6-4-3-5-7-18)16-28-25-29-23(20-12-14-27-15-13-20)22(24(31)30(25)2)19-8-10-21(26)11-9-19;7-6-4-2-1-3-5-6/h3-15,17H,16H2,1-2H3,(H,28,29);6H,1-5,7H2. The first-order valence-corrected chi connectivity index (χ1v) is 13.3. The van der Waals surface area contributed by atoms with E-state index in [9.17, 15) is 9.18 Å². The topological polar surface area (TPSA) is 85.8 Å². The minimum absolute atomic E-state index is 0.205. The third kappa shape index (κ3) is 6.92. The third-order valence-corrected chi connectivity index (χ3v) is 6.96. The van der Waals surface area contributed by atoms with Crippen LogP contribution in [0, 0.1) is 5.82 Å². The van der Waals surface area contributed by atoms with E-state index in [2.05, 4.69) is 29.4 Å². The zero-order valence-electron chi connectivity index (χ0n) is 22.1. The van der Waals surface area contributed by atoms with E-state index in [1.807, 2.05) is 30.3 Å². The van der Waals surface area contributed by atoms with Gasteiger partial charge in [-0.1, -0.05) is 68.7 Å². The van der Waals surface area contributed by atoms with Gasteiger partial charge in [0, 0.05) is 37.6 Å². The Balaban J connectivity index is 0.000000417. The number of nitrogens with zero attached hydrogens (tertiary/aromatic N) is 3. The minimum atomic E-state index is -0.354. The number of halogens is 1. The van der Waals surface area contributed by atoms with Gasteiger partial charge in [-0.25, -0.2) is 9.37 Å². The van der Waals surface area contributed by atoms with E-state index < -0.39 is 0 Å². The van der Waals surface area contributed by atoms with Gasteiger partial charge in [-0.2, -0.15) is 0 Å².